The quantitative estimate of drug-likeness (QED) is 0.817. The Bertz CT molecular complexity index is 685. The van der Waals surface area contributed by atoms with E-state index in [2.05, 4.69) is 0 Å². The van der Waals surface area contributed by atoms with Gasteiger partial charge in [0.2, 0.25) is 11.8 Å². The van der Waals surface area contributed by atoms with Crippen LogP contribution in [0.3, 0.4) is 0 Å². The molecule has 1 atom stereocenters. The van der Waals surface area contributed by atoms with Gasteiger partial charge in [0.1, 0.15) is 17.7 Å². The predicted molar refractivity (Wildman–Crippen MR) is 89.7 cm³/mol. The molecule has 0 saturated carbocycles. The first-order chi connectivity index (χ1) is 12.3. The van der Waals surface area contributed by atoms with Gasteiger partial charge < -0.3 is 20.6 Å². The van der Waals surface area contributed by atoms with Gasteiger partial charge in [-0.2, -0.15) is 0 Å². The molecule has 26 heavy (non-hydrogen) atoms. The Labute approximate surface area is 150 Å². The number of aliphatic hydroxyl groups is 1. The summed E-state index contributed by atoms with van der Waals surface area (Å²) in [6, 6.07) is 2.37. The van der Waals surface area contributed by atoms with Crippen LogP contribution in [0.1, 0.15) is 24.8 Å². The molecule has 0 aromatic heterocycles. The third kappa shape index (κ3) is 3.86. The highest BCUT2D eigenvalue weighted by Crippen LogP contribution is 2.41. The summed E-state index contributed by atoms with van der Waals surface area (Å²) < 4.78 is 26.7. The number of halogens is 2. The molecule has 1 unspecified atom stereocenters. The minimum Gasteiger partial charge on any atom is -0.394 e. The second-order valence-corrected chi connectivity index (χ2v) is 7.32. The van der Waals surface area contributed by atoms with Crippen LogP contribution in [-0.4, -0.2) is 59.0 Å². The Morgan fingerprint density at radius 1 is 1.23 bits per heavy atom. The number of hydrogen-bond donors (Lipinski definition) is 2. The monoisotopic (exact) mass is 367 g/mol. The highest BCUT2D eigenvalue weighted by atomic mass is 19.1. The lowest BCUT2D eigenvalue weighted by atomic mass is 9.77. The molecule has 142 valence electrons. The maximum atomic E-state index is 13.4. The first-order valence-electron chi connectivity index (χ1n) is 8.70. The van der Waals surface area contributed by atoms with Crippen LogP contribution in [0, 0.1) is 17.0 Å². The number of aliphatic hydroxyl groups excluding tert-OH is 1. The summed E-state index contributed by atoms with van der Waals surface area (Å²) >= 11 is 0. The molecule has 0 aliphatic carbocycles. The van der Waals surface area contributed by atoms with E-state index in [9.17, 15) is 18.4 Å². The van der Waals surface area contributed by atoms with Gasteiger partial charge in [0, 0.05) is 44.1 Å². The minimum atomic E-state index is -0.909. The van der Waals surface area contributed by atoms with E-state index in [4.69, 9.17) is 10.8 Å². The molecular weight excluding hydrogens is 344 g/mol. The first kappa shape index (κ1) is 18.7. The molecule has 3 rings (SSSR count). The topological polar surface area (TPSA) is 86.9 Å². The average Bonchev–Trinajstić information content (AvgIpc) is 2.88. The molecule has 2 fully saturated rings. The SMILES string of the molecule is NC(CO)C(=O)N1CCC2(CC1)CC(=O)N(Cc1cc(F)cc(F)c1)C2. The molecule has 8 heteroatoms. The van der Waals surface area contributed by atoms with Gasteiger partial charge in [0.05, 0.1) is 6.61 Å². The van der Waals surface area contributed by atoms with E-state index < -0.39 is 24.3 Å². The number of piperidine rings is 1. The predicted octanol–water partition coefficient (Wildman–Crippen LogP) is 0.625. The number of carbonyl (C=O) groups excluding carboxylic acids is 2. The van der Waals surface area contributed by atoms with Crippen molar-refractivity contribution in [3.05, 3.63) is 35.4 Å². The Morgan fingerprint density at radius 2 is 1.85 bits per heavy atom. The summed E-state index contributed by atoms with van der Waals surface area (Å²) in [5, 5.41) is 9.01. The van der Waals surface area contributed by atoms with Crippen molar-refractivity contribution >= 4 is 11.8 Å². The van der Waals surface area contributed by atoms with Crippen molar-refractivity contribution in [1.29, 1.82) is 0 Å². The van der Waals surface area contributed by atoms with Crippen LogP contribution < -0.4 is 5.73 Å². The Hall–Kier alpha value is -2.06. The fraction of sp³-hybridized carbons (Fsp3) is 0.556. The van der Waals surface area contributed by atoms with E-state index in [1.54, 1.807) is 9.80 Å². The van der Waals surface area contributed by atoms with E-state index in [1.807, 2.05) is 0 Å². The zero-order valence-electron chi connectivity index (χ0n) is 14.5. The van der Waals surface area contributed by atoms with Crippen LogP contribution >= 0.6 is 0 Å². The first-order valence-corrected chi connectivity index (χ1v) is 8.70. The van der Waals surface area contributed by atoms with Crippen molar-refractivity contribution in [3.8, 4) is 0 Å². The largest absolute Gasteiger partial charge is 0.394 e. The molecule has 3 N–H and O–H groups in total. The number of likely N-dealkylation sites (tertiary alicyclic amines) is 2. The van der Waals surface area contributed by atoms with Crippen LogP contribution in [0.4, 0.5) is 8.78 Å². The van der Waals surface area contributed by atoms with Gasteiger partial charge in [-0.15, -0.1) is 0 Å². The van der Waals surface area contributed by atoms with Crippen LogP contribution in [0.25, 0.3) is 0 Å². The highest BCUT2D eigenvalue weighted by molar-refractivity contribution is 5.82. The van der Waals surface area contributed by atoms with Crippen molar-refractivity contribution < 1.29 is 23.5 Å². The van der Waals surface area contributed by atoms with E-state index in [0.717, 1.165) is 6.07 Å². The number of nitrogens with zero attached hydrogens (tertiary/aromatic N) is 2. The van der Waals surface area contributed by atoms with Gasteiger partial charge >= 0.3 is 0 Å². The molecule has 2 heterocycles. The fourth-order valence-electron chi connectivity index (χ4n) is 3.90. The fourth-order valence-corrected chi connectivity index (χ4v) is 3.90. The minimum absolute atomic E-state index is 0.0403. The van der Waals surface area contributed by atoms with Gasteiger partial charge in [-0.1, -0.05) is 0 Å². The zero-order valence-corrected chi connectivity index (χ0v) is 14.5. The Balaban J connectivity index is 1.62. The molecule has 0 radical (unpaired) electrons. The third-order valence-corrected chi connectivity index (χ3v) is 5.35. The summed E-state index contributed by atoms with van der Waals surface area (Å²) in [6.45, 7) is 1.27. The van der Waals surface area contributed by atoms with Crippen LogP contribution in [0.2, 0.25) is 0 Å². The number of benzene rings is 1. The van der Waals surface area contributed by atoms with Gasteiger partial charge in [-0.25, -0.2) is 8.78 Å². The number of hydrogen-bond acceptors (Lipinski definition) is 4. The lowest BCUT2D eigenvalue weighted by Gasteiger charge is -2.39. The lowest BCUT2D eigenvalue weighted by Crippen LogP contribution is -2.51. The van der Waals surface area contributed by atoms with Gasteiger partial charge in [-0.05, 0) is 30.5 Å². The van der Waals surface area contributed by atoms with Crippen molar-refractivity contribution in [1.82, 2.24) is 9.80 Å². The third-order valence-electron chi connectivity index (χ3n) is 5.35. The summed E-state index contributed by atoms with van der Waals surface area (Å²) in [7, 11) is 0. The standard InChI is InChI=1S/C18H23F2N3O3/c19-13-5-12(6-14(20)7-13)9-23-11-18(8-16(23)25)1-3-22(4-2-18)17(26)15(21)10-24/h5-7,15,24H,1-4,8-11,21H2. The number of amides is 2. The molecule has 2 aliphatic rings. The molecule has 0 bridgehead atoms. The number of nitrogens with two attached hydrogens (primary N) is 1. The molecule has 6 nitrogen and oxygen atoms in total. The molecule has 2 saturated heterocycles. The van der Waals surface area contributed by atoms with E-state index in [0.29, 0.717) is 44.5 Å². The van der Waals surface area contributed by atoms with Crippen molar-refractivity contribution in [2.24, 2.45) is 11.1 Å². The molecule has 1 aromatic carbocycles. The van der Waals surface area contributed by atoms with Crippen molar-refractivity contribution in [2.45, 2.75) is 31.8 Å². The van der Waals surface area contributed by atoms with Gasteiger partial charge in [0.15, 0.2) is 0 Å². The molecule has 1 aromatic rings. The second kappa shape index (κ2) is 7.28. The highest BCUT2D eigenvalue weighted by Gasteiger charge is 2.45. The summed E-state index contributed by atoms with van der Waals surface area (Å²) in [5.74, 6) is -1.64. The van der Waals surface area contributed by atoms with E-state index >= 15 is 0 Å². The van der Waals surface area contributed by atoms with Crippen molar-refractivity contribution in [3.63, 3.8) is 0 Å². The second-order valence-electron chi connectivity index (χ2n) is 7.32. The normalized spacial score (nSPS) is 20.7. The Morgan fingerprint density at radius 3 is 2.42 bits per heavy atom. The smallest absolute Gasteiger partial charge is 0.241 e. The molecule has 2 aliphatic heterocycles. The maximum Gasteiger partial charge on any atom is 0.241 e. The van der Waals surface area contributed by atoms with Gasteiger partial charge in [-0.3, -0.25) is 9.59 Å². The summed E-state index contributed by atoms with van der Waals surface area (Å²) in [5.41, 5.74) is 5.79. The zero-order chi connectivity index (χ0) is 18.9. The average molecular weight is 367 g/mol. The molecular formula is C18H23F2N3O3. The van der Waals surface area contributed by atoms with Crippen LogP contribution in [0.15, 0.2) is 18.2 Å². The molecule has 1 spiro atoms. The Kier molecular flexibility index (Phi) is 5.24. The van der Waals surface area contributed by atoms with Crippen LogP contribution in [0.5, 0.6) is 0 Å². The molecule has 2 amide bonds. The lowest BCUT2D eigenvalue weighted by molar-refractivity contribution is -0.135. The van der Waals surface area contributed by atoms with Crippen LogP contribution in [-0.2, 0) is 16.1 Å². The van der Waals surface area contributed by atoms with Gasteiger partial charge in [0.25, 0.3) is 0 Å². The maximum absolute atomic E-state index is 13.4. The number of rotatable bonds is 4. The summed E-state index contributed by atoms with van der Waals surface area (Å²) in [4.78, 5) is 27.7. The van der Waals surface area contributed by atoms with E-state index in [1.165, 1.54) is 12.1 Å². The van der Waals surface area contributed by atoms with E-state index in [-0.39, 0.29) is 23.8 Å². The summed E-state index contributed by atoms with van der Waals surface area (Å²) in [6.07, 6.45) is 1.70. The number of carbonyl (C=O) groups is 2. The van der Waals surface area contributed by atoms with Crippen molar-refractivity contribution in [2.75, 3.05) is 26.2 Å².